The van der Waals surface area contributed by atoms with Crippen LogP contribution in [0, 0.1) is 0 Å². The van der Waals surface area contributed by atoms with Gasteiger partial charge in [-0.15, -0.1) is 0 Å². The lowest BCUT2D eigenvalue weighted by Crippen LogP contribution is -2.16. The average molecular weight is 504 g/mol. The molecule has 0 saturated heterocycles. The van der Waals surface area contributed by atoms with Crippen molar-refractivity contribution in [3.8, 4) is 17.0 Å². The van der Waals surface area contributed by atoms with Crippen molar-refractivity contribution in [3.05, 3.63) is 89.5 Å². The minimum Gasteiger partial charge on any atom is -0.494 e. The quantitative estimate of drug-likeness (QED) is 0.285. The summed E-state index contributed by atoms with van der Waals surface area (Å²) >= 11 is 0. The molecule has 186 valence electrons. The number of rotatable bonds is 5. The van der Waals surface area contributed by atoms with Crippen molar-refractivity contribution in [2.45, 2.75) is 19.3 Å². The molecule has 4 nitrogen and oxygen atoms in total. The largest absolute Gasteiger partial charge is 0.494 e. The molecular formula is C26H18F6N2O2. The number of amides is 1. The van der Waals surface area contributed by atoms with Crippen LogP contribution in [0.5, 0.6) is 5.75 Å². The van der Waals surface area contributed by atoms with Crippen LogP contribution in [0.4, 0.5) is 32.0 Å². The second-order valence-electron chi connectivity index (χ2n) is 7.78. The predicted molar refractivity (Wildman–Crippen MR) is 123 cm³/mol. The summed E-state index contributed by atoms with van der Waals surface area (Å²) in [7, 11) is 0. The van der Waals surface area contributed by atoms with Crippen LogP contribution in [0.1, 0.15) is 28.4 Å². The molecule has 0 atom stereocenters. The zero-order chi connectivity index (χ0) is 26.1. The van der Waals surface area contributed by atoms with Crippen molar-refractivity contribution >= 4 is 22.5 Å². The minimum atomic E-state index is -5.04. The molecule has 1 aromatic heterocycles. The summed E-state index contributed by atoms with van der Waals surface area (Å²) in [5.74, 6) is -0.317. The number of anilines is 1. The zero-order valence-corrected chi connectivity index (χ0v) is 18.7. The maximum Gasteiger partial charge on any atom is 0.416 e. The van der Waals surface area contributed by atoms with Gasteiger partial charge in [-0.2, -0.15) is 26.3 Å². The van der Waals surface area contributed by atoms with Crippen molar-refractivity contribution in [2.24, 2.45) is 0 Å². The standard InChI is InChI=1S/C26H18F6N2O2/c1-2-36-19-7-5-6-15(10-19)23-14-21(20-8-3-4-9-22(20)34-23)24(35)33-18-12-16(25(27,28)29)11-17(13-18)26(30,31)32/h3-14H,2H2,1H3,(H,33,35). The first kappa shape index (κ1) is 25.0. The van der Waals surface area contributed by atoms with Gasteiger partial charge in [0, 0.05) is 16.6 Å². The van der Waals surface area contributed by atoms with Gasteiger partial charge in [-0.1, -0.05) is 30.3 Å². The van der Waals surface area contributed by atoms with Crippen LogP contribution in [-0.4, -0.2) is 17.5 Å². The van der Waals surface area contributed by atoms with Crippen LogP contribution >= 0.6 is 0 Å². The van der Waals surface area contributed by atoms with E-state index in [2.05, 4.69) is 10.3 Å². The molecule has 10 heteroatoms. The summed E-state index contributed by atoms with van der Waals surface area (Å²) in [6.07, 6.45) is -10.1. The Hall–Kier alpha value is -4.08. The number of nitrogens with one attached hydrogen (secondary N) is 1. The van der Waals surface area contributed by atoms with Crippen molar-refractivity contribution < 1.29 is 35.9 Å². The number of carbonyl (C=O) groups is 1. The number of nitrogens with zero attached hydrogens (tertiary/aromatic N) is 1. The summed E-state index contributed by atoms with van der Waals surface area (Å²) in [5, 5.41) is 2.57. The molecule has 0 bridgehead atoms. The SMILES string of the molecule is CCOc1cccc(-c2cc(C(=O)Nc3cc(C(F)(F)F)cc(C(F)(F)F)c3)c3ccccc3n2)c1. The Morgan fingerprint density at radius 2 is 1.53 bits per heavy atom. The topological polar surface area (TPSA) is 51.2 Å². The van der Waals surface area contributed by atoms with Gasteiger partial charge in [0.1, 0.15) is 5.75 Å². The first-order chi connectivity index (χ1) is 17.0. The van der Waals surface area contributed by atoms with E-state index in [1.807, 2.05) is 6.92 Å². The zero-order valence-electron chi connectivity index (χ0n) is 18.7. The fraction of sp³-hybridized carbons (Fsp3) is 0.154. The third-order valence-corrected chi connectivity index (χ3v) is 5.25. The second kappa shape index (κ2) is 9.52. The van der Waals surface area contributed by atoms with E-state index in [9.17, 15) is 31.1 Å². The van der Waals surface area contributed by atoms with Gasteiger partial charge in [-0.05, 0) is 49.4 Å². The maximum absolute atomic E-state index is 13.2. The fourth-order valence-electron chi connectivity index (χ4n) is 3.65. The molecule has 0 spiro atoms. The molecule has 0 aliphatic carbocycles. The number of fused-ring (bicyclic) bond motifs is 1. The van der Waals surface area contributed by atoms with Gasteiger partial charge < -0.3 is 10.1 Å². The molecular weight excluding hydrogens is 486 g/mol. The normalized spacial score (nSPS) is 12.0. The fourth-order valence-corrected chi connectivity index (χ4v) is 3.65. The molecule has 0 aliphatic rings. The third kappa shape index (κ3) is 5.42. The summed E-state index contributed by atoms with van der Waals surface area (Å²) < 4.78 is 84.9. The highest BCUT2D eigenvalue weighted by Crippen LogP contribution is 2.38. The number of ether oxygens (including phenoxy) is 1. The molecule has 0 aliphatic heterocycles. The van der Waals surface area contributed by atoms with E-state index in [1.54, 1.807) is 48.5 Å². The summed E-state index contributed by atoms with van der Waals surface area (Å²) in [6, 6.07) is 15.9. The van der Waals surface area contributed by atoms with E-state index < -0.39 is 35.1 Å². The molecule has 1 amide bonds. The molecule has 0 fully saturated rings. The second-order valence-corrected chi connectivity index (χ2v) is 7.78. The number of carbonyl (C=O) groups excluding carboxylic acids is 1. The first-order valence-electron chi connectivity index (χ1n) is 10.7. The van der Waals surface area contributed by atoms with Gasteiger partial charge in [0.05, 0.1) is 34.5 Å². The van der Waals surface area contributed by atoms with Crippen LogP contribution in [0.2, 0.25) is 0 Å². The van der Waals surface area contributed by atoms with Crippen LogP contribution in [0.25, 0.3) is 22.2 Å². The lowest BCUT2D eigenvalue weighted by molar-refractivity contribution is -0.143. The Labute approximate surface area is 201 Å². The molecule has 4 rings (SSSR count). The number of aromatic nitrogens is 1. The van der Waals surface area contributed by atoms with Crippen molar-refractivity contribution in [1.29, 1.82) is 0 Å². The third-order valence-electron chi connectivity index (χ3n) is 5.25. The highest BCUT2D eigenvalue weighted by atomic mass is 19.4. The van der Waals surface area contributed by atoms with Crippen LogP contribution < -0.4 is 10.1 Å². The van der Waals surface area contributed by atoms with Gasteiger partial charge in [-0.25, -0.2) is 4.98 Å². The van der Waals surface area contributed by atoms with Crippen LogP contribution in [-0.2, 0) is 12.4 Å². The molecule has 0 saturated carbocycles. The number of hydrogen-bond donors (Lipinski definition) is 1. The highest BCUT2D eigenvalue weighted by molar-refractivity contribution is 6.13. The average Bonchev–Trinajstić information content (AvgIpc) is 2.82. The summed E-state index contributed by atoms with van der Waals surface area (Å²) in [5.41, 5.74) is -2.26. The van der Waals surface area contributed by atoms with Crippen LogP contribution in [0.3, 0.4) is 0 Å². The van der Waals surface area contributed by atoms with E-state index in [0.717, 1.165) is 0 Å². The molecule has 0 unspecified atom stereocenters. The molecule has 0 radical (unpaired) electrons. The maximum atomic E-state index is 13.2. The Bertz CT molecular complexity index is 1400. The number of pyridine rings is 1. The highest BCUT2D eigenvalue weighted by Gasteiger charge is 2.37. The molecule has 4 aromatic rings. The Balaban J connectivity index is 1.79. The number of alkyl halides is 6. The Kier molecular flexibility index (Phi) is 6.62. The summed E-state index contributed by atoms with van der Waals surface area (Å²) in [6.45, 7) is 2.25. The van der Waals surface area contributed by atoms with Crippen LogP contribution in [0.15, 0.2) is 72.8 Å². The number of hydrogen-bond acceptors (Lipinski definition) is 3. The van der Waals surface area contributed by atoms with Crippen molar-refractivity contribution in [3.63, 3.8) is 0 Å². The molecule has 1 heterocycles. The van der Waals surface area contributed by atoms with Gasteiger partial charge in [0.15, 0.2) is 0 Å². The first-order valence-corrected chi connectivity index (χ1v) is 10.7. The number of para-hydroxylation sites is 1. The predicted octanol–water partition coefficient (Wildman–Crippen LogP) is 7.59. The molecule has 36 heavy (non-hydrogen) atoms. The van der Waals surface area contributed by atoms with Gasteiger partial charge in [0.2, 0.25) is 0 Å². The van der Waals surface area contributed by atoms with E-state index in [0.29, 0.717) is 46.6 Å². The van der Waals surface area contributed by atoms with E-state index in [-0.39, 0.29) is 11.6 Å². The smallest absolute Gasteiger partial charge is 0.416 e. The minimum absolute atomic E-state index is 0.000950. The Morgan fingerprint density at radius 3 is 2.17 bits per heavy atom. The van der Waals surface area contributed by atoms with E-state index >= 15 is 0 Å². The monoisotopic (exact) mass is 504 g/mol. The summed E-state index contributed by atoms with van der Waals surface area (Å²) in [4.78, 5) is 17.7. The molecule has 3 aromatic carbocycles. The molecule has 1 N–H and O–H groups in total. The van der Waals surface area contributed by atoms with E-state index in [4.69, 9.17) is 4.74 Å². The van der Waals surface area contributed by atoms with Gasteiger partial charge >= 0.3 is 12.4 Å². The number of halogens is 6. The Morgan fingerprint density at radius 1 is 0.861 bits per heavy atom. The lowest BCUT2D eigenvalue weighted by Gasteiger charge is -2.15. The van der Waals surface area contributed by atoms with Gasteiger partial charge in [-0.3, -0.25) is 4.79 Å². The lowest BCUT2D eigenvalue weighted by atomic mass is 10.0. The number of benzene rings is 3. The van der Waals surface area contributed by atoms with Gasteiger partial charge in [0.25, 0.3) is 5.91 Å². The van der Waals surface area contributed by atoms with Crippen molar-refractivity contribution in [2.75, 3.05) is 11.9 Å². The van der Waals surface area contributed by atoms with Crippen molar-refractivity contribution in [1.82, 2.24) is 4.98 Å². The van der Waals surface area contributed by atoms with E-state index in [1.165, 1.54) is 6.07 Å².